The Balaban J connectivity index is 0.00000245. The van der Waals surface area contributed by atoms with Crippen LogP contribution in [0.3, 0.4) is 0 Å². The zero-order valence-corrected chi connectivity index (χ0v) is 20.2. The molecule has 0 saturated carbocycles. The summed E-state index contributed by atoms with van der Waals surface area (Å²) in [6.45, 7) is 2.15. The third kappa shape index (κ3) is 3.64. The van der Waals surface area contributed by atoms with Crippen LogP contribution in [0, 0.1) is 13.0 Å². The van der Waals surface area contributed by atoms with Gasteiger partial charge in [0.05, 0.1) is 11.6 Å². The minimum Gasteiger partial charge on any atom is -0.262 e. The van der Waals surface area contributed by atoms with Crippen molar-refractivity contribution in [2.45, 2.75) is 12.3 Å². The zero-order valence-electron chi connectivity index (χ0n) is 17.8. The van der Waals surface area contributed by atoms with Crippen molar-refractivity contribution < 1.29 is 20.1 Å². The molecule has 1 aromatic heterocycles. The zero-order chi connectivity index (χ0) is 21.1. The van der Waals surface area contributed by atoms with Gasteiger partial charge in [-0.1, -0.05) is 91.0 Å². The van der Waals surface area contributed by atoms with Crippen molar-refractivity contribution in [3.8, 4) is 5.69 Å². The Morgan fingerprint density at radius 1 is 0.656 bits per heavy atom. The molecule has 0 spiro atoms. The van der Waals surface area contributed by atoms with Gasteiger partial charge in [0.25, 0.3) is 0 Å². The Hall–Kier alpha value is -3.26. The predicted molar refractivity (Wildman–Crippen MR) is 125 cm³/mol. The van der Waals surface area contributed by atoms with Crippen LogP contribution in [0.2, 0.25) is 0 Å². The maximum Gasteiger partial charge on any atom is 0.0735 e. The first kappa shape index (κ1) is 22.0. The van der Waals surface area contributed by atoms with Gasteiger partial charge in [-0.15, -0.1) is 6.07 Å². The molecule has 0 atom stereocenters. The number of para-hydroxylation sites is 1. The maximum absolute atomic E-state index is 4.81. The van der Waals surface area contributed by atoms with E-state index in [1.807, 2.05) is 35.1 Å². The summed E-state index contributed by atoms with van der Waals surface area (Å²) in [5.41, 5.74) is 6.36. The van der Waals surface area contributed by atoms with E-state index in [0.717, 1.165) is 16.9 Å². The van der Waals surface area contributed by atoms with Gasteiger partial charge in [-0.25, -0.2) is 0 Å². The third-order valence-corrected chi connectivity index (χ3v) is 5.96. The Morgan fingerprint density at radius 2 is 1.12 bits per heavy atom. The summed E-state index contributed by atoms with van der Waals surface area (Å²) in [6, 6.07) is 43.4. The van der Waals surface area contributed by atoms with Gasteiger partial charge < -0.3 is 0 Å². The van der Waals surface area contributed by atoms with Crippen molar-refractivity contribution in [2.24, 2.45) is 0 Å². The fourth-order valence-corrected chi connectivity index (χ4v) is 4.57. The van der Waals surface area contributed by atoms with Gasteiger partial charge in [0.15, 0.2) is 0 Å². The summed E-state index contributed by atoms with van der Waals surface area (Å²) in [7, 11) is 0. The Morgan fingerprint density at radius 3 is 1.56 bits per heavy atom. The summed E-state index contributed by atoms with van der Waals surface area (Å²) in [5.74, 6) is 0. The average Bonchev–Trinajstić information content (AvgIpc) is 3.24. The van der Waals surface area contributed by atoms with Crippen molar-refractivity contribution in [1.82, 2.24) is 9.78 Å². The summed E-state index contributed by atoms with van der Waals surface area (Å²) >= 11 is 0. The number of hydrogen-bond acceptors (Lipinski definition) is 1. The van der Waals surface area contributed by atoms with Crippen LogP contribution in [0.25, 0.3) is 5.69 Å². The molecule has 2 nitrogen and oxygen atoms in total. The third-order valence-electron chi connectivity index (χ3n) is 5.96. The van der Waals surface area contributed by atoms with Gasteiger partial charge in [-0.2, -0.15) is 29.4 Å². The smallest absolute Gasteiger partial charge is 0.0735 e. The van der Waals surface area contributed by atoms with E-state index >= 15 is 0 Å². The van der Waals surface area contributed by atoms with E-state index in [0.29, 0.717) is 0 Å². The van der Waals surface area contributed by atoms with Crippen LogP contribution in [0.5, 0.6) is 0 Å². The van der Waals surface area contributed by atoms with E-state index in [1.165, 1.54) is 16.7 Å². The summed E-state index contributed by atoms with van der Waals surface area (Å²) in [5, 5.41) is 4.81. The molecular formula is C29H23IrN2-. The van der Waals surface area contributed by atoms with Crippen LogP contribution >= 0.6 is 0 Å². The molecule has 0 saturated heterocycles. The van der Waals surface area contributed by atoms with Gasteiger partial charge in [0, 0.05) is 31.4 Å². The van der Waals surface area contributed by atoms with Crippen molar-refractivity contribution in [3.63, 3.8) is 0 Å². The second kappa shape index (κ2) is 9.48. The molecule has 0 bridgehead atoms. The topological polar surface area (TPSA) is 17.8 Å². The first-order valence-electron chi connectivity index (χ1n) is 10.5. The number of aromatic nitrogens is 2. The molecule has 1 radical (unpaired) electrons. The average molecular weight is 592 g/mol. The minimum atomic E-state index is -0.485. The van der Waals surface area contributed by atoms with E-state index in [-0.39, 0.29) is 20.1 Å². The van der Waals surface area contributed by atoms with Gasteiger partial charge >= 0.3 is 0 Å². The van der Waals surface area contributed by atoms with Crippen LogP contribution in [-0.2, 0) is 25.5 Å². The quantitative estimate of drug-likeness (QED) is 0.172. The summed E-state index contributed by atoms with van der Waals surface area (Å²) < 4.78 is 1.99. The first-order chi connectivity index (χ1) is 15.3. The Labute approximate surface area is 202 Å². The molecule has 5 rings (SSSR count). The number of benzene rings is 4. The van der Waals surface area contributed by atoms with Crippen molar-refractivity contribution >= 4 is 0 Å². The predicted octanol–water partition coefficient (Wildman–Crippen LogP) is 6.36. The summed E-state index contributed by atoms with van der Waals surface area (Å²) in [6.07, 6.45) is 2.02. The number of hydrogen-bond donors (Lipinski definition) is 0. The molecule has 3 heteroatoms. The molecule has 32 heavy (non-hydrogen) atoms. The maximum atomic E-state index is 4.81. The van der Waals surface area contributed by atoms with E-state index in [9.17, 15) is 0 Å². The summed E-state index contributed by atoms with van der Waals surface area (Å²) in [4.78, 5) is 0. The van der Waals surface area contributed by atoms with Gasteiger partial charge in [-0.05, 0) is 29.3 Å². The molecule has 0 aliphatic carbocycles. The number of rotatable bonds is 5. The largest absolute Gasteiger partial charge is 0.262 e. The Bertz CT molecular complexity index is 1170. The van der Waals surface area contributed by atoms with Crippen molar-refractivity contribution in [1.29, 1.82) is 0 Å². The van der Waals surface area contributed by atoms with Crippen LogP contribution < -0.4 is 0 Å². The Kier molecular flexibility index (Phi) is 6.50. The van der Waals surface area contributed by atoms with E-state index in [1.54, 1.807) is 0 Å². The SMILES string of the molecule is Cc1c(C(c2ccccc2)(c2ccccc2)c2ccccc2)cnn1-c1[c-]cccc1.[Ir]. The molecule has 5 aromatic rings. The van der Waals surface area contributed by atoms with Crippen molar-refractivity contribution in [2.75, 3.05) is 0 Å². The molecular weight excluding hydrogens is 569 g/mol. The van der Waals surface area contributed by atoms with Crippen LogP contribution in [0.1, 0.15) is 27.9 Å². The van der Waals surface area contributed by atoms with E-state index in [2.05, 4.69) is 104 Å². The first-order valence-corrected chi connectivity index (χ1v) is 10.5. The van der Waals surface area contributed by atoms with E-state index in [4.69, 9.17) is 5.10 Å². The van der Waals surface area contributed by atoms with Crippen LogP contribution in [-0.4, -0.2) is 9.78 Å². The van der Waals surface area contributed by atoms with Crippen molar-refractivity contribution in [3.05, 3.63) is 155 Å². The van der Waals surface area contributed by atoms with Gasteiger partial charge in [0.1, 0.15) is 0 Å². The fourth-order valence-electron chi connectivity index (χ4n) is 4.57. The second-order valence-electron chi connectivity index (χ2n) is 7.65. The molecule has 0 aliphatic rings. The standard InChI is InChI=1S/C29H23N2.Ir/c1-23-28(22-30-31(23)27-20-12-5-13-21-27)29(24-14-6-2-7-15-24,25-16-8-3-9-17-25)26-18-10-4-11-19-26;/h2-20,22H,1H3;/q-1;. The monoisotopic (exact) mass is 592 g/mol. The molecule has 4 aromatic carbocycles. The van der Waals surface area contributed by atoms with Gasteiger partial charge in [0.2, 0.25) is 0 Å². The van der Waals surface area contributed by atoms with Crippen LogP contribution in [0.15, 0.2) is 121 Å². The molecule has 0 unspecified atom stereocenters. The second-order valence-corrected chi connectivity index (χ2v) is 7.65. The molecule has 0 fully saturated rings. The fraction of sp³-hybridized carbons (Fsp3) is 0.0690. The van der Waals surface area contributed by atoms with E-state index < -0.39 is 5.41 Å². The van der Waals surface area contributed by atoms with Gasteiger partial charge in [-0.3, -0.25) is 4.68 Å². The van der Waals surface area contributed by atoms with Crippen LogP contribution in [0.4, 0.5) is 0 Å². The molecule has 0 amide bonds. The minimum absolute atomic E-state index is 0. The molecule has 1 heterocycles. The normalized spacial score (nSPS) is 11.0. The molecule has 0 aliphatic heterocycles. The molecule has 159 valence electrons. The number of nitrogens with zero attached hydrogens (tertiary/aromatic N) is 2. The molecule has 0 N–H and O–H groups in total.